The SMILES string of the molecule is CC[C@@H](C)NC(=O)Cn1c(=O)c2nnc(C)n2c2ccccc21. The fraction of sp³-hybridized carbons (Fsp3) is 0.375. The van der Waals surface area contributed by atoms with Crippen LogP contribution in [-0.4, -0.2) is 31.1 Å². The van der Waals surface area contributed by atoms with E-state index in [1.807, 2.05) is 38.1 Å². The molecule has 0 aliphatic rings. The summed E-state index contributed by atoms with van der Waals surface area (Å²) >= 11 is 0. The second-order valence-corrected chi connectivity index (χ2v) is 5.66. The van der Waals surface area contributed by atoms with Gasteiger partial charge in [0.15, 0.2) is 0 Å². The molecule has 0 saturated carbocycles. The van der Waals surface area contributed by atoms with Crippen LogP contribution >= 0.6 is 0 Å². The van der Waals surface area contributed by atoms with Gasteiger partial charge >= 0.3 is 0 Å². The molecule has 120 valence electrons. The first-order valence-corrected chi connectivity index (χ1v) is 7.65. The van der Waals surface area contributed by atoms with E-state index in [9.17, 15) is 9.59 Å². The van der Waals surface area contributed by atoms with Crippen LogP contribution in [0.25, 0.3) is 16.7 Å². The van der Waals surface area contributed by atoms with Crippen molar-refractivity contribution in [2.75, 3.05) is 0 Å². The smallest absolute Gasteiger partial charge is 0.297 e. The van der Waals surface area contributed by atoms with E-state index in [-0.39, 0.29) is 29.7 Å². The summed E-state index contributed by atoms with van der Waals surface area (Å²) in [6.07, 6.45) is 0.837. The molecule has 1 aromatic carbocycles. The van der Waals surface area contributed by atoms with Gasteiger partial charge in [-0.15, -0.1) is 10.2 Å². The second-order valence-electron chi connectivity index (χ2n) is 5.66. The summed E-state index contributed by atoms with van der Waals surface area (Å²) in [6, 6.07) is 7.52. The maximum atomic E-state index is 12.7. The highest BCUT2D eigenvalue weighted by Crippen LogP contribution is 2.14. The van der Waals surface area contributed by atoms with E-state index >= 15 is 0 Å². The maximum Gasteiger partial charge on any atom is 0.297 e. The van der Waals surface area contributed by atoms with Crippen LogP contribution in [0.5, 0.6) is 0 Å². The van der Waals surface area contributed by atoms with Crippen molar-refractivity contribution in [3.8, 4) is 0 Å². The predicted molar refractivity (Wildman–Crippen MR) is 87.4 cm³/mol. The van der Waals surface area contributed by atoms with Crippen molar-refractivity contribution in [2.24, 2.45) is 0 Å². The number of hydrogen-bond acceptors (Lipinski definition) is 4. The molecule has 3 rings (SSSR count). The average Bonchev–Trinajstić information content (AvgIpc) is 2.93. The molecule has 0 saturated heterocycles. The third-order valence-electron chi connectivity index (χ3n) is 4.00. The third kappa shape index (κ3) is 2.58. The van der Waals surface area contributed by atoms with Crippen molar-refractivity contribution in [1.82, 2.24) is 24.5 Å². The number of aromatic nitrogens is 4. The number of nitrogens with zero attached hydrogens (tertiary/aromatic N) is 4. The van der Waals surface area contributed by atoms with E-state index in [0.29, 0.717) is 11.3 Å². The first-order chi connectivity index (χ1) is 11.0. The van der Waals surface area contributed by atoms with Gasteiger partial charge in [-0.1, -0.05) is 19.1 Å². The van der Waals surface area contributed by atoms with Crippen molar-refractivity contribution < 1.29 is 4.79 Å². The zero-order valence-electron chi connectivity index (χ0n) is 13.4. The van der Waals surface area contributed by atoms with Gasteiger partial charge in [-0.25, -0.2) is 0 Å². The first-order valence-electron chi connectivity index (χ1n) is 7.65. The molecule has 0 unspecified atom stereocenters. The number of nitrogens with one attached hydrogen (secondary N) is 1. The fourth-order valence-corrected chi connectivity index (χ4v) is 2.62. The first kappa shape index (κ1) is 15.2. The van der Waals surface area contributed by atoms with Crippen LogP contribution in [0, 0.1) is 6.92 Å². The summed E-state index contributed by atoms with van der Waals surface area (Å²) in [5.41, 5.74) is 1.41. The third-order valence-corrected chi connectivity index (χ3v) is 4.00. The van der Waals surface area contributed by atoms with Crippen molar-refractivity contribution in [3.63, 3.8) is 0 Å². The van der Waals surface area contributed by atoms with Gasteiger partial charge in [-0.05, 0) is 32.4 Å². The Morgan fingerprint density at radius 2 is 1.96 bits per heavy atom. The molecular formula is C16H19N5O2. The zero-order valence-corrected chi connectivity index (χ0v) is 13.4. The Labute approximate surface area is 132 Å². The number of hydrogen-bond donors (Lipinski definition) is 1. The molecule has 0 aliphatic carbocycles. The molecule has 3 aromatic rings. The molecule has 23 heavy (non-hydrogen) atoms. The lowest BCUT2D eigenvalue weighted by Gasteiger charge is -2.14. The van der Waals surface area contributed by atoms with E-state index in [4.69, 9.17) is 0 Å². The maximum absolute atomic E-state index is 12.7. The standard InChI is InChI=1S/C16H19N5O2/c1-4-10(2)17-14(22)9-20-12-7-5-6-8-13(12)21-11(3)18-19-15(21)16(20)23/h5-8,10H,4,9H2,1-3H3,(H,17,22)/t10-/m1/s1. The van der Waals surface area contributed by atoms with Crippen molar-refractivity contribution in [1.29, 1.82) is 0 Å². The van der Waals surface area contributed by atoms with E-state index in [0.717, 1.165) is 11.9 Å². The van der Waals surface area contributed by atoms with Crippen LogP contribution < -0.4 is 10.9 Å². The highest BCUT2D eigenvalue weighted by molar-refractivity contribution is 5.82. The topological polar surface area (TPSA) is 81.3 Å². The van der Waals surface area contributed by atoms with Gasteiger partial charge in [0.05, 0.1) is 11.0 Å². The molecule has 1 N–H and O–H groups in total. The highest BCUT2D eigenvalue weighted by atomic mass is 16.2. The lowest BCUT2D eigenvalue weighted by molar-refractivity contribution is -0.122. The molecule has 2 aromatic heterocycles. The van der Waals surface area contributed by atoms with Crippen LogP contribution in [0.1, 0.15) is 26.1 Å². The number of benzene rings is 1. The second kappa shape index (κ2) is 5.83. The van der Waals surface area contributed by atoms with Crippen molar-refractivity contribution >= 4 is 22.6 Å². The largest absolute Gasteiger partial charge is 0.352 e. The number of rotatable bonds is 4. The van der Waals surface area contributed by atoms with Crippen LogP contribution in [0.3, 0.4) is 0 Å². The molecule has 2 heterocycles. The molecule has 7 nitrogen and oxygen atoms in total. The van der Waals surface area contributed by atoms with Crippen LogP contribution in [0.15, 0.2) is 29.1 Å². The van der Waals surface area contributed by atoms with Gasteiger partial charge in [0.2, 0.25) is 11.6 Å². The summed E-state index contributed by atoms with van der Waals surface area (Å²) in [6.45, 7) is 5.69. The Morgan fingerprint density at radius 3 is 2.65 bits per heavy atom. The van der Waals surface area contributed by atoms with Crippen LogP contribution in [-0.2, 0) is 11.3 Å². The highest BCUT2D eigenvalue weighted by Gasteiger charge is 2.16. The number of fused-ring (bicyclic) bond motifs is 3. The molecule has 0 radical (unpaired) electrons. The number of amides is 1. The monoisotopic (exact) mass is 313 g/mol. The Bertz CT molecular complexity index is 941. The molecule has 1 amide bonds. The van der Waals surface area contributed by atoms with Crippen molar-refractivity contribution in [3.05, 3.63) is 40.4 Å². The summed E-state index contributed by atoms with van der Waals surface area (Å²) in [4.78, 5) is 24.9. The lowest BCUT2D eigenvalue weighted by atomic mass is 10.2. The molecule has 0 bridgehead atoms. The average molecular weight is 313 g/mol. The Hall–Kier alpha value is -2.70. The van der Waals surface area contributed by atoms with Crippen LogP contribution in [0.2, 0.25) is 0 Å². The van der Waals surface area contributed by atoms with Gasteiger partial charge in [0.1, 0.15) is 12.4 Å². The summed E-state index contributed by atoms with van der Waals surface area (Å²) in [5.74, 6) is 0.455. The molecule has 0 spiro atoms. The normalized spacial score (nSPS) is 12.7. The van der Waals surface area contributed by atoms with Crippen LogP contribution in [0.4, 0.5) is 0 Å². The Balaban J connectivity index is 2.17. The Kier molecular flexibility index (Phi) is 3.85. The quantitative estimate of drug-likeness (QED) is 0.786. The van der Waals surface area contributed by atoms with Gasteiger partial charge in [0.25, 0.3) is 5.56 Å². The van der Waals surface area contributed by atoms with E-state index in [1.165, 1.54) is 4.57 Å². The van der Waals surface area contributed by atoms with Crippen molar-refractivity contribution in [2.45, 2.75) is 39.8 Å². The minimum Gasteiger partial charge on any atom is -0.352 e. The minimum absolute atomic E-state index is 0.0356. The van der Waals surface area contributed by atoms with Gasteiger partial charge in [0, 0.05) is 6.04 Å². The lowest BCUT2D eigenvalue weighted by Crippen LogP contribution is -2.37. The minimum atomic E-state index is -0.316. The number of carbonyl (C=O) groups excluding carboxylic acids is 1. The zero-order chi connectivity index (χ0) is 16.6. The number of carbonyl (C=O) groups is 1. The van der Waals surface area contributed by atoms with E-state index < -0.39 is 0 Å². The molecule has 0 fully saturated rings. The molecule has 7 heteroatoms. The Morgan fingerprint density at radius 1 is 1.26 bits per heavy atom. The van der Waals surface area contributed by atoms with Gasteiger partial charge in [-0.2, -0.15) is 0 Å². The number of para-hydroxylation sites is 2. The summed E-state index contributed by atoms with van der Waals surface area (Å²) < 4.78 is 3.18. The van der Waals surface area contributed by atoms with E-state index in [2.05, 4.69) is 15.5 Å². The number of aryl methyl sites for hydroxylation is 1. The van der Waals surface area contributed by atoms with Gasteiger partial charge < -0.3 is 5.32 Å². The molecule has 0 aliphatic heterocycles. The summed E-state index contributed by atoms with van der Waals surface area (Å²) in [5, 5.41) is 10.8. The fourth-order valence-electron chi connectivity index (χ4n) is 2.62. The molecular weight excluding hydrogens is 294 g/mol. The molecule has 1 atom stereocenters. The van der Waals surface area contributed by atoms with Gasteiger partial charge in [-0.3, -0.25) is 18.6 Å². The van der Waals surface area contributed by atoms with E-state index in [1.54, 1.807) is 11.3 Å². The summed E-state index contributed by atoms with van der Waals surface area (Å²) in [7, 11) is 0. The predicted octanol–water partition coefficient (Wildman–Crippen LogP) is 1.27.